The molecule has 6 rings (SSSR count). The Bertz CT molecular complexity index is 1090. The van der Waals surface area contributed by atoms with E-state index in [-0.39, 0.29) is 23.4 Å². The number of likely N-dealkylation sites (tertiary alicyclic amines) is 2. The van der Waals surface area contributed by atoms with E-state index in [0.29, 0.717) is 31.0 Å². The lowest BCUT2D eigenvalue weighted by molar-refractivity contribution is -0.141. The lowest BCUT2D eigenvalue weighted by Gasteiger charge is -2.59. The van der Waals surface area contributed by atoms with Crippen molar-refractivity contribution >= 4 is 6.03 Å². The largest absolute Gasteiger partial charge is 0.434 e. The summed E-state index contributed by atoms with van der Waals surface area (Å²) < 4.78 is 39.8. The lowest BCUT2D eigenvalue weighted by atomic mass is 9.61. The first-order valence-corrected chi connectivity index (χ1v) is 12.2. The molecule has 0 aromatic carbocycles. The number of rotatable bonds is 4. The summed E-state index contributed by atoms with van der Waals surface area (Å²) in [7, 11) is 0. The van der Waals surface area contributed by atoms with E-state index in [1.165, 1.54) is 6.20 Å². The van der Waals surface area contributed by atoms with E-state index in [0.717, 1.165) is 57.8 Å². The number of aliphatic hydroxyl groups is 1. The van der Waals surface area contributed by atoms with Crippen molar-refractivity contribution in [1.29, 1.82) is 0 Å². The maximum Gasteiger partial charge on any atom is 0.434 e. The molecular weight excluding hydrogens is 463 g/mol. The molecule has 4 fully saturated rings. The number of urea groups is 1. The van der Waals surface area contributed by atoms with Gasteiger partial charge in [0.05, 0.1) is 17.9 Å². The fourth-order valence-electron chi connectivity index (χ4n) is 5.72. The maximum atomic E-state index is 12.9. The molecule has 0 bridgehead atoms. The molecule has 4 aliphatic rings. The molecule has 2 saturated heterocycles. The predicted octanol–water partition coefficient (Wildman–Crippen LogP) is 2.78. The van der Waals surface area contributed by atoms with Gasteiger partial charge in [-0.05, 0) is 50.9 Å². The van der Waals surface area contributed by atoms with Crippen LogP contribution in [0.2, 0.25) is 0 Å². The Morgan fingerprint density at radius 1 is 1.06 bits per heavy atom. The first-order chi connectivity index (χ1) is 16.6. The average molecular weight is 492 g/mol. The molecule has 4 heterocycles. The number of hydrogen-bond donors (Lipinski definition) is 1. The van der Waals surface area contributed by atoms with E-state index in [4.69, 9.17) is 0 Å². The van der Waals surface area contributed by atoms with Crippen LogP contribution < -0.4 is 0 Å². The van der Waals surface area contributed by atoms with Crippen molar-refractivity contribution in [2.45, 2.75) is 62.8 Å². The van der Waals surface area contributed by atoms with Gasteiger partial charge in [0.1, 0.15) is 11.9 Å². The Hall–Kier alpha value is -2.76. The number of nitrogens with zero attached hydrogens (tertiary/aromatic N) is 7. The summed E-state index contributed by atoms with van der Waals surface area (Å²) in [6, 6.07) is 0.353. The summed E-state index contributed by atoms with van der Waals surface area (Å²) in [5.74, 6) is 0.805. The molecule has 12 heteroatoms. The Labute approximate surface area is 200 Å². The van der Waals surface area contributed by atoms with E-state index in [1.807, 2.05) is 14.5 Å². The highest BCUT2D eigenvalue weighted by Crippen LogP contribution is 2.54. The normalized spacial score (nSPS) is 23.8. The van der Waals surface area contributed by atoms with Gasteiger partial charge in [0.25, 0.3) is 0 Å². The van der Waals surface area contributed by atoms with Crippen molar-refractivity contribution in [1.82, 2.24) is 34.5 Å². The molecule has 2 aromatic heterocycles. The van der Waals surface area contributed by atoms with Crippen LogP contribution in [0.5, 0.6) is 0 Å². The van der Waals surface area contributed by atoms with Gasteiger partial charge >= 0.3 is 12.2 Å². The Morgan fingerprint density at radius 2 is 1.77 bits per heavy atom. The zero-order valence-electron chi connectivity index (χ0n) is 19.3. The second-order valence-corrected chi connectivity index (χ2v) is 10.8. The fraction of sp³-hybridized carbons (Fsp3) is 0.696. The molecule has 0 unspecified atom stereocenters. The van der Waals surface area contributed by atoms with Crippen molar-refractivity contribution in [2.24, 2.45) is 11.3 Å². The van der Waals surface area contributed by atoms with Crippen molar-refractivity contribution < 1.29 is 23.1 Å². The van der Waals surface area contributed by atoms with Crippen LogP contribution in [0, 0.1) is 11.3 Å². The molecule has 2 aliphatic carbocycles. The van der Waals surface area contributed by atoms with Crippen LogP contribution >= 0.6 is 0 Å². The second-order valence-electron chi connectivity index (χ2n) is 10.8. The van der Waals surface area contributed by atoms with Crippen molar-refractivity contribution in [3.05, 3.63) is 35.9 Å². The lowest BCUT2D eigenvalue weighted by Crippen LogP contribution is -2.66. The number of piperidine rings is 1. The topological polar surface area (TPSA) is 100 Å². The summed E-state index contributed by atoms with van der Waals surface area (Å²) in [5, 5.41) is 14.6. The van der Waals surface area contributed by atoms with E-state index in [9.17, 15) is 23.1 Å². The van der Waals surface area contributed by atoms with Gasteiger partial charge in [-0.15, -0.1) is 0 Å². The van der Waals surface area contributed by atoms with E-state index in [1.54, 1.807) is 6.33 Å². The highest BCUT2D eigenvalue weighted by Gasteiger charge is 2.55. The average Bonchev–Trinajstić information content (AvgIpc) is 3.32. The fourth-order valence-corrected chi connectivity index (χ4v) is 5.72. The molecule has 2 saturated carbocycles. The van der Waals surface area contributed by atoms with Crippen molar-refractivity contribution in [2.75, 3.05) is 26.2 Å². The summed E-state index contributed by atoms with van der Waals surface area (Å²) in [5.41, 5.74) is -1.07. The van der Waals surface area contributed by atoms with Crippen LogP contribution in [0.4, 0.5) is 18.0 Å². The third-order valence-corrected chi connectivity index (χ3v) is 8.06. The zero-order valence-corrected chi connectivity index (χ0v) is 19.3. The number of alkyl halides is 3. The molecule has 2 amide bonds. The number of halogens is 3. The minimum Gasteiger partial charge on any atom is -0.382 e. The Balaban J connectivity index is 0.940. The van der Waals surface area contributed by atoms with E-state index >= 15 is 0 Å². The summed E-state index contributed by atoms with van der Waals surface area (Å²) in [4.78, 5) is 28.4. The number of amides is 2. The third-order valence-electron chi connectivity index (χ3n) is 8.06. The van der Waals surface area contributed by atoms with Gasteiger partial charge in [-0.1, -0.05) is 0 Å². The van der Waals surface area contributed by atoms with Crippen LogP contribution in [-0.2, 0) is 18.2 Å². The molecule has 1 N–H and O–H groups in total. The molecule has 35 heavy (non-hydrogen) atoms. The molecule has 1 spiro atoms. The monoisotopic (exact) mass is 491 g/mol. The first kappa shape index (κ1) is 22.7. The summed E-state index contributed by atoms with van der Waals surface area (Å²) in [6.07, 6.45) is 4.79. The molecule has 2 aromatic rings. The summed E-state index contributed by atoms with van der Waals surface area (Å²) in [6.45, 7) is 2.81. The van der Waals surface area contributed by atoms with Crippen LogP contribution in [0.1, 0.15) is 61.8 Å². The second kappa shape index (κ2) is 7.87. The minimum atomic E-state index is -4.48. The SMILES string of the molecule is O=C(N1CCC(Cc2cnc(C(F)(F)F)cn2)CC1)N1CC2(CC(n3cnc(C4(O)CC4)n3)C2)C1. The van der Waals surface area contributed by atoms with Crippen LogP contribution in [0.3, 0.4) is 0 Å². The zero-order chi connectivity index (χ0) is 24.4. The molecule has 9 nitrogen and oxygen atoms in total. The molecule has 0 atom stereocenters. The minimum absolute atomic E-state index is 0.0749. The summed E-state index contributed by atoms with van der Waals surface area (Å²) >= 11 is 0. The van der Waals surface area contributed by atoms with Crippen molar-refractivity contribution in [3.63, 3.8) is 0 Å². The van der Waals surface area contributed by atoms with Crippen LogP contribution in [0.15, 0.2) is 18.7 Å². The molecule has 188 valence electrons. The van der Waals surface area contributed by atoms with Gasteiger partial charge in [-0.2, -0.15) is 18.3 Å². The van der Waals surface area contributed by atoms with Gasteiger partial charge in [0, 0.05) is 37.8 Å². The standard InChI is InChI=1S/C23H28F3N7O2/c24-23(25,26)18-11-27-16(10-28-18)7-15-1-5-31(6-2-15)20(34)32-12-21(13-32)8-17(9-21)33-14-29-19(30-33)22(35)3-4-22/h10-11,14-15,17,35H,1-9,12-13H2. The van der Waals surface area contributed by atoms with Crippen LogP contribution in [-0.4, -0.2) is 71.8 Å². The predicted molar refractivity (Wildman–Crippen MR) is 116 cm³/mol. The molecule has 2 aliphatic heterocycles. The number of hydrogen-bond acceptors (Lipinski definition) is 6. The molecular formula is C23H28F3N7O2. The van der Waals surface area contributed by atoms with Crippen molar-refractivity contribution in [3.8, 4) is 0 Å². The number of carbonyl (C=O) groups excluding carboxylic acids is 1. The van der Waals surface area contributed by atoms with Crippen LogP contribution in [0.25, 0.3) is 0 Å². The van der Waals surface area contributed by atoms with E-state index in [2.05, 4.69) is 20.1 Å². The van der Waals surface area contributed by atoms with E-state index < -0.39 is 17.5 Å². The first-order valence-electron chi connectivity index (χ1n) is 12.2. The van der Waals surface area contributed by atoms with Gasteiger partial charge in [0.2, 0.25) is 0 Å². The number of aromatic nitrogens is 5. The highest BCUT2D eigenvalue weighted by molar-refractivity contribution is 5.75. The molecule has 0 radical (unpaired) electrons. The van der Waals surface area contributed by atoms with Gasteiger partial charge in [-0.25, -0.2) is 19.4 Å². The van der Waals surface area contributed by atoms with Gasteiger partial charge in [0.15, 0.2) is 11.5 Å². The number of carbonyl (C=O) groups is 1. The Kier molecular flexibility index (Phi) is 5.10. The Morgan fingerprint density at radius 3 is 2.37 bits per heavy atom. The maximum absolute atomic E-state index is 12.9. The third kappa shape index (κ3) is 4.25. The quantitative estimate of drug-likeness (QED) is 0.706. The smallest absolute Gasteiger partial charge is 0.382 e. The highest BCUT2D eigenvalue weighted by atomic mass is 19.4. The van der Waals surface area contributed by atoms with Gasteiger partial charge < -0.3 is 14.9 Å². The van der Waals surface area contributed by atoms with Gasteiger partial charge in [-0.3, -0.25) is 4.98 Å².